The molecule has 8 heteroatoms. The summed E-state index contributed by atoms with van der Waals surface area (Å²) in [6.07, 6.45) is 11.5. The van der Waals surface area contributed by atoms with E-state index in [1.807, 2.05) is 48.7 Å². The van der Waals surface area contributed by atoms with Crippen LogP contribution in [0.25, 0.3) is 23.0 Å². The minimum Gasteiger partial charge on any atom is -0.453 e. The SMILES string of the molecule is O=C(/C=C/c1cn(-c2ccccc2)nc1-c1cccnc1)NCc1ccc(Oc2cccnc2)c(F)c1. The Balaban J connectivity index is 1.27. The second kappa shape index (κ2) is 11.1. The Morgan fingerprint density at radius 2 is 1.78 bits per heavy atom. The van der Waals surface area contributed by atoms with Crippen LogP contribution < -0.4 is 10.1 Å². The van der Waals surface area contributed by atoms with Crippen molar-refractivity contribution in [3.05, 3.63) is 127 Å². The first-order valence-corrected chi connectivity index (χ1v) is 11.5. The highest BCUT2D eigenvalue weighted by molar-refractivity contribution is 5.92. The van der Waals surface area contributed by atoms with Crippen LogP contribution in [0.15, 0.2) is 110 Å². The van der Waals surface area contributed by atoms with E-state index in [9.17, 15) is 9.18 Å². The number of pyridine rings is 2. The zero-order chi connectivity index (χ0) is 25.5. The molecule has 5 aromatic rings. The number of hydrogen-bond donors (Lipinski definition) is 1. The van der Waals surface area contributed by atoms with E-state index in [0.29, 0.717) is 17.0 Å². The Bertz CT molecular complexity index is 1520. The summed E-state index contributed by atoms with van der Waals surface area (Å²) < 4.78 is 21.8. The van der Waals surface area contributed by atoms with Crippen molar-refractivity contribution in [3.63, 3.8) is 0 Å². The number of rotatable bonds is 8. The van der Waals surface area contributed by atoms with Crippen LogP contribution in [0.4, 0.5) is 4.39 Å². The zero-order valence-corrected chi connectivity index (χ0v) is 19.7. The van der Waals surface area contributed by atoms with Crippen molar-refractivity contribution in [3.8, 4) is 28.4 Å². The molecule has 2 aromatic carbocycles. The Morgan fingerprint density at radius 3 is 2.51 bits per heavy atom. The molecular formula is C29H22FN5O2. The summed E-state index contributed by atoms with van der Waals surface area (Å²) in [6, 6.07) is 21.4. The third-order valence-electron chi connectivity index (χ3n) is 5.44. The molecule has 0 unspecified atom stereocenters. The third-order valence-corrected chi connectivity index (χ3v) is 5.44. The van der Waals surface area contributed by atoms with Gasteiger partial charge in [0.15, 0.2) is 11.6 Å². The van der Waals surface area contributed by atoms with Gasteiger partial charge in [0.25, 0.3) is 0 Å². The van der Waals surface area contributed by atoms with Crippen molar-refractivity contribution in [2.75, 3.05) is 0 Å². The summed E-state index contributed by atoms with van der Waals surface area (Å²) in [5, 5.41) is 7.49. The van der Waals surface area contributed by atoms with E-state index >= 15 is 0 Å². The molecular weight excluding hydrogens is 469 g/mol. The van der Waals surface area contributed by atoms with Crippen LogP contribution in [0.2, 0.25) is 0 Å². The number of nitrogens with zero attached hydrogens (tertiary/aromatic N) is 4. The smallest absolute Gasteiger partial charge is 0.244 e. The van der Waals surface area contributed by atoms with Gasteiger partial charge in [-0.15, -0.1) is 0 Å². The Labute approximate surface area is 212 Å². The number of hydrogen-bond acceptors (Lipinski definition) is 5. The lowest BCUT2D eigenvalue weighted by Gasteiger charge is -2.08. The Morgan fingerprint density at radius 1 is 0.973 bits per heavy atom. The van der Waals surface area contributed by atoms with Gasteiger partial charge in [-0.3, -0.25) is 14.8 Å². The van der Waals surface area contributed by atoms with Gasteiger partial charge in [0, 0.05) is 48.5 Å². The zero-order valence-electron chi connectivity index (χ0n) is 19.7. The van der Waals surface area contributed by atoms with E-state index in [-0.39, 0.29) is 18.2 Å². The lowest BCUT2D eigenvalue weighted by molar-refractivity contribution is -0.116. The number of benzene rings is 2. The summed E-state index contributed by atoms with van der Waals surface area (Å²) in [7, 11) is 0. The van der Waals surface area contributed by atoms with E-state index < -0.39 is 5.82 Å². The highest BCUT2D eigenvalue weighted by Gasteiger charge is 2.11. The molecule has 0 radical (unpaired) electrons. The molecule has 0 fully saturated rings. The van der Waals surface area contributed by atoms with Crippen molar-refractivity contribution in [1.82, 2.24) is 25.1 Å². The van der Waals surface area contributed by atoms with Crippen LogP contribution in [0.3, 0.4) is 0 Å². The average molecular weight is 492 g/mol. The fourth-order valence-corrected chi connectivity index (χ4v) is 3.63. The summed E-state index contributed by atoms with van der Waals surface area (Å²) in [5.74, 6) is -0.323. The predicted octanol–water partition coefficient (Wildman–Crippen LogP) is 5.59. The molecule has 37 heavy (non-hydrogen) atoms. The van der Waals surface area contributed by atoms with E-state index in [2.05, 4.69) is 15.3 Å². The molecule has 0 bridgehead atoms. The van der Waals surface area contributed by atoms with E-state index in [1.165, 1.54) is 24.4 Å². The maximum absolute atomic E-state index is 14.5. The minimum absolute atomic E-state index is 0.0846. The van der Waals surface area contributed by atoms with Crippen LogP contribution in [0, 0.1) is 5.82 Å². The molecule has 1 amide bonds. The fraction of sp³-hybridized carbons (Fsp3) is 0.0345. The van der Waals surface area contributed by atoms with Crippen molar-refractivity contribution >= 4 is 12.0 Å². The Kier molecular flexibility index (Phi) is 7.08. The lowest BCUT2D eigenvalue weighted by atomic mass is 10.1. The van der Waals surface area contributed by atoms with Gasteiger partial charge >= 0.3 is 0 Å². The first kappa shape index (κ1) is 23.6. The van der Waals surface area contributed by atoms with Gasteiger partial charge in [-0.2, -0.15) is 5.10 Å². The van der Waals surface area contributed by atoms with E-state index in [0.717, 1.165) is 16.8 Å². The van der Waals surface area contributed by atoms with Gasteiger partial charge in [0.1, 0.15) is 11.4 Å². The molecule has 0 saturated heterocycles. The summed E-state index contributed by atoms with van der Waals surface area (Å²) in [4.78, 5) is 20.7. The number of aromatic nitrogens is 4. The number of halogens is 1. The quantitative estimate of drug-likeness (QED) is 0.286. The van der Waals surface area contributed by atoms with Gasteiger partial charge in [-0.1, -0.05) is 24.3 Å². The highest BCUT2D eigenvalue weighted by atomic mass is 19.1. The molecule has 0 aliphatic rings. The van der Waals surface area contributed by atoms with Crippen LogP contribution in [0.5, 0.6) is 11.5 Å². The van der Waals surface area contributed by atoms with Gasteiger partial charge in [-0.05, 0) is 60.2 Å². The van der Waals surface area contributed by atoms with Crippen LogP contribution >= 0.6 is 0 Å². The number of amides is 1. The maximum Gasteiger partial charge on any atom is 0.244 e. The highest BCUT2D eigenvalue weighted by Crippen LogP contribution is 2.25. The molecule has 0 saturated carbocycles. The maximum atomic E-state index is 14.5. The second-order valence-corrected chi connectivity index (χ2v) is 8.06. The van der Waals surface area contributed by atoms with Crippen LogP contribution in [-0.2, 0) is 11.3 Å². The molecule has 1 N–H and O–H groups in total. The third kappa shape index (κ3) is 5.94. The monoisotopic (exact) mass is 491 g/mol. The fourth-order valence-electron chi connectivity index (χ4n) is 3.63. The first-order chi connectivity index (χ1) is 18.2. The topological polar surface area (TPSA) is 81.9 Å². The summed E-state index contributed by atoms with van der Waals surface area (Å²) in [5.41, 5.74) is 3.80. The molecule has 3 heterocycles. The summed E-state index contributed by atoms with van der Waals surface area (Å²) >= 11 is 0. The van der Waals surface area contributed by atoms with Crippen LogP contribution in [-0.4, -0.2) is 25.7 Å². The van der Waals surface area contributed by atoms with Crippen molar-refractivity contribution < 1.29 is 13.9 Å². The van der Waals surface area contributed by atoms with Crippen molar-refractivity contribution in [1.29, 1.82) is 0 Å². The second-order valence-electron chi connectivity index (χ2n) is 8.06. The van der Waals surface area contributed by atoms with Crippen molar-refractivity contribution in [2.45, 2.75) is 6.54 Å². The molecule has 0 spiro atoms. The van der Waals surface area contributed by atoms with E-state index in [4.69, 9.17) is 9.84 Å². The number of nitrogens with one attached hydrogen (secondary N) is 1. The number of para-hydroxylation sites is 1. The molecule has 5 rings (SSSR count). The predicted molar refractivity (Wildman–Crippen MR) is 138 cm³/mol. The molecule has 0 aliphatic carbocycles. The van der Waals surface area contributed by atoms with Crippen LogP contribution in [0.1, 0.15) is 11.1 Å². The number of ether oxygens (including phenoxy) is 1. The number of carbonyl (C=O) groups is 1. The normalized spacial score (nSPS) is 10.9. The van der Waals surface area contributed by atoms with Gasteiger partial charge in [0.05, 0.1) is 11.9 Å². The van der Waals surface area contributed by atoms with Crippen molar-refractivity contribution in [2.24, 2.45) is 0 Å². The van der Waals surface area contributed by atoms with E-state index in [1.54, 1.807) is 47.5 Å². The molecule has 0 aliphatic heterocycles. The minimum atomic E-state index is -0.527. The first-order valence-electron chi connectivity index (χ1n) is 11.5. The Hall–Kier alpha value is -5.11. The average Bonchev–Trinajstić information content (AvgIpc) is 3.38. The standard InChI is InChI=1S/C29H22FN5O2/c30-26-16-21(10-12-27(26)37-25-9-5-15-32-19-25)17-33-28(36)13-11-23-20-35(24-7-2-1-3-8-24)34-29(23)22-6-4-14-31-18-22/h1-16,18-20H,17H2,(H,33,36)/b13-11+. The van der Waals surface area contributed by atoms with Gasteiger partial charge in [0.2, 0.25) is 5.91 Å². The summed E-state index contributed by atoms with van der Waals surface area (Å²) in [6.45, 7) is 0.159. The molecule has 3 aromatic heterocycles. The largest absolute Gasteiger partial charge is 0.453 e. The molecule has 0 atom stereocenters. The van der Waals surface area contributed by atoms with Gasteiger partial charge < -0.3 is 10.1 Å². The number of carbonyl (C=O) groups excluding carboxylic acids is 1. The molecule has 182 valence electrons. The van der Waals surface area contributed by atoms with Gasteiger partial charge in [-0.25, -0.2) is 9.07 Å². The molecule has 7 nitrogen and oxygen atoms in total. The lowest BCUT2D eigenvalue weighted by Crippen LogP contribution is -2.20.